The third-order valence-electron chi connectivity index (χ3n) is 3.26. The normalized spacial score (nSPS) is 10.4. The van der Waals surface area contributed by atoms with Crippen LogP contribution in [-0.4, -0.2) is 29.0 Å². The summed E-state index contributed by atoms with van der Waals surface area (Å²) >= 11 is 1.39. The van der Waals surface area contributed by atoms with E-state index >= 15 is 0 Å². The number of rotatable bonds is 7. The molecule has 0 atom stereocenters. The van der Waals surface area contributed by atoms with Crippen molar-refractivity contribution in [1.82, 2.24) is 10.2 Å². The molecule has 0 aliphatic rings. The lowest BCUT2D eigenvalue weighted by Crippen LogP contribution is -2.07. The van der Waals surface area contributed by atoms with Crippen molar-refractivity contribution in [2.24, 2.45) is 0 Å². The molecule has 0 saturated carbocycles. The summed E-state index contributed by atoms with van der Waals surface area (Å²) in [7, 11) is 1.61. The van der Waals surface area contributed by atoms with Crippen LogP contribution in [0.2, 0.25) is 0 Å². The molecular formula is C18H16N2O4S. The quantitative estimate of drug-likeness (QED) is 0.473. The molecular weight excluding hydrogens is 340 g/mol. The van der Waals surface area contributed by atoms with Crippen LogP contribution in [-0.2, 0) is 16.1 Å². The average molecular weight is 356 g/mol. The van der Waals surface area contributed by atoms with Crippen LogP contribution in [0.5, 0.6) is 5.75 Å². The number of benzene rings is 2. The summed E-state index contributed by atoms with van der Waals surface area (Å²) in [6.07, 6.45) is 0. The van der Waals surface area contributed by atoms with Crippen molar-refractivity contribution in [3.8, 4) is 17.2 Å². The first-order valence-corrected chi connectivity index (χ1v) is 8.53. The van der Waals surface area contributed by atoms with Crippen molar-refractivity contribution in [1.29, 1.82) is 0 Å². The number of carbonyl (C=O) groups is 1. The van der Waals surface area contributed by atoms with Crippen molar-refractivity contribution in [3.63, 3.8) is 0 Å². The van der Waals surface area contributed by atoms with Gasteiger partial charge in [0.1, 0.15) is 5.75 Å². The van der Waals surface area contributed by atoms with Crippen LogP contribution in [0.4, 0.5) is 0 Å². The van der Waals surface area contributed by atoms with Gasteiger partial charge in [0.15, 0.2) is 6.61 Å². The molecule has 3 rings (SSSR count). The van der Waals surface area contributed by atoms with E-state index in [0.717, 1.165) is 16.2 Å². The number of esters is 1. The molecule has 0 bridgehead atoms. The highest BCUT2D eigenvalue weighted by Gasteiger charge is 2.11. The summed E-state index contributed by atoms with van der Waals surface area (Å²) in [4.78, 5) is 12.8. The lowest BCUT2D eigenvalue weighted by molar-refractivity contribution is -0.142. The zero-order valence-electron chi connectivity index (χ0n) is 13.5. The molecule has 7 heteroatoms. The fourth-order valence-corrected chi connectivity index (χ4v) is 2.70. The van der Waals surface area contributed by atoms with E-state index < -0.39 is 0 Å². The molecule has 0 spiro atoms. The standard InChI is InChI=1S/C18H16N2O4S/c1-22-14-7-9-15(10-8-14)25-12-17(21)23-11-16-19-20-18(24-16)13-5-3-2-4-6-13/h2-10H,11-12H2,1H3. The van der Waals surface area contributed by atoms with Crippen molar-refractivity contribution < 1.29 is 18.7 Å². The molecule has 3 aromatic rings. The van der Waals surface area contributed by atoms with Crippen molar-refractivity contribution in [2.75, 3.05) is 12.9 Å². The summed E-state index contributed by atoms with van der Waals surface area (Å²) in [6.45, 7) is -0.0398. The van der Waals surface area contributed by atoms with Gasteiger partial charge < -0.3 is 13.9 Å². The van der Waals surface area contributed by atoms with Crippen LogP contribution < -0.4 is 4.74 Å². The fraction of sp³-hybridized carbons (Fsp3) is 0.167. The van der Waals surface area contributed by atoms with Gasteiger partial charge in [0.2, 0.25) is 5.89 Å². The molecule has 128 valence electrons. The Morgan fingerprint density at radius 1 is 1.08 bits per heavy atom. The van der Waals surface area contributed by atoms with Gasteiger partial charge in [-0.1, -0.05) is 18.2 Å². The molecule has 0 aliphatic heterocycles. The van der Waals surface area contributed by atoms with Gasteiger partial charge in [-0.15, -0.1) is 22.0 Å². The van der Waals surface area contributed by atoms with Gasteiger partial charge in [0.05, 0.1) is 12.9 Å². The lowest BCUT2D eigenvalue weighted by Gasteiger charge is -2.03. The third-order valence-corrected chi connectivity index (χ3v) is 4.25. The first-order chi connectivity index (χ1) is 12.2. The maximum atomic E-state index is 11.8. The molecule has 2 aromatic carbocycles. The molecule has 1 aromatic heterocycles. The maximum absolute atomic E-state index is 11.8. The molecule has 0 amide bonds. The molecule has 0 saturated heterocycles. The number of hydrogen-bond donors (Lipinski definition) is 0. The fourth-order valence-electron chi connectivity index (χ4n) is 2.01. The molecule has 6 nitrogen and oxygen atoms in total. The summed E-state index contributed by atoms with van der Waals surface area (Å²) in [5.41, 5.74) is 0.822. The lowest BCUT2D eigenvalue weighted by atomic mass is 10.2. The zero-order valence-corrected chi connectivity index (χ0v) is 14.4. The monoisotopic (exact) mass is 356 g/mol. The minimum atomic E-state index is -0.347. The van der Waals surface area contributed by atoms with Crippen LogP contribution in [0.15, 0.2) is 63.9 Å². The molecule has 0 radical (unpaired) electrons. The summed E-state index contributed by atoms with van der Waals surface area (Å²) < 4.78 is 15.7. The minimum absolute atomic E-state index is 0.0398. The van der Waals surface area contributed by atoms with Crippen LogP contribution in [0.1, 0.15) is 5.89 Å². The predicted molar refractivity (Wildman–Crippen MR) is 93.2 cm³/mol. The van der Waals surface area contributed by atoms with Gasteiger partial charge in [-0.05, 0) is 36.4 Å². The Kier molecular flexibility index (Phi) is 5.69. The average Bonchev–Trinajstić information content (AvgIpc) is 3.15. The Bertz CT molecular complexity index is 819. The largest absolute Gasteiger partial charge is 0.497 e. The van der Waals surface area contributed by atoms with Gasteiger partial charge in [-0.3, -0.25) is 4.79 Å². The van der Waals surface area contributed by atoms with Crippen LogP contribution in [0, 0.1) is 0 Å². The highest BCUT2D eigenvalue weighted by molar-refractivity contribution is 8.00. The molecule has 1 heterocycles. The number of carbonyl (C=O) groups excluding carboxylic acids is 1. The van der Waals surface area contributed by atoms with Crippen molar-refractivity contribution >= 4 is 17.7 Å². The first kappa shape index (κ1) is 17.0. The van der Waals surface area contributed by atoms with E-state index in [1.807, 2.05) is 54.6 Å². The minimum Gasteiger partial charge on any atom is -0.497 e. The number of ether oxygens (including phenoxy) is 2. The highest BCUT2D eigenvalue weighted by atomic mass is 32.2. The summed E-state index contributed by atoms with van der Waals surface area (Å²) in [6, 6.07) is 16.9. The van der Waals surface area contributed by atoms with E-state index in [4.69, 9.17) is 13.9 Å². The van der Waals surface area contributed by atoms with Gasteiger partial charge in [-0.2, -0.15) is 0 Å². The number of thioether (sulfide) groups is 1. The number of methoxy groups -OCH3 is 1. The van der Waals surface area contributed by atoms with E-state index in [2.05, 4.69) is 10.2 Å². The van der Waals surface area contributed by atoms with E-state index in [1.165, 1.54) is 11.8 Å². The topological polar surface area (TPSA) is 74.5 Å². The number of aromatic nitrogens is 2. The SMILES string of the molecule is COc1ccc(SCC(=O)OCc2nnc(-c3ccccc3)o2)cc1. The Labute approximate surface area is 149 Å². The zero-order chi connectivity index (χ0) is 17.5. The van der Waals surface area contributed by atoms with Gasteiger partial charge in [0.25, 0.3) is 5.89 Å². The van der Waals surface area contributed by atoms with Crippen molar-refractivity contribution in [3.05, 3.63) is 60.5 Å². The third kappa shape index (κ3) is 4.84. The predicted octanol–water partition coefficient (Wildman–Crippen LogP) is 3.58. The number of nitrogens with zero attached hydrogens (tertiary/aromatic N) is 2. The first-order valence-electron chi connectivity index (χ1n) is 7.55. The summed E-state index contributed by atoms with van der Waals surface area (Å²) in [5, 5.41) is 7.84. The maximum Gasteiger partial charge on any atom is 0.316 e. The van der Waals surface area contributed by atoms with Gasteiger partial charge in [0, 0.05) is 10.5 Å². The Hall–Kier alpha value is -2.80. The molecule has 0 N–H and O–H groups in total. The number of hydrogen-bond acceptors (Lipinski definition) is 7. The molecule has 25 heavy (non-hydrogen) atoms. The van der Waals surface area contributed by atoms with E-state index in [1.54, 1.807) is 7.11 Å². The summed E-state index contributed by atoms with van der Waals surface area (Å²) in [5.74, 6) is 1.30. The Morgan fingerprint density at radius 3 is 2.56 bits per heavy atom. The van der Waals surface area contributed by atoms with E-state index in [0.29, 0.717) is 5.89 Å². The highest BCUT2D eigenvalue weighted by Crippen LogP contribution is 2.21. The Balaban J connectivity index is 1.46. The van der Waals surface area contributed by atoms with Gasteiger partial charge in [-0.25, -0.2) is 0 Å². The van der Waals surface area contributed by atoms with Crippen LogP contribution in [0.3, 0.4) is 0 Å². The second-order valence-corrected chi connectivity index (χ2v) is 6.04. The smallest absolute Gasteiger partial charge is 0.316 e. The van der Waals surface area contributed by atoms with E-state index in [-0.39, 0.29) is 24.2 Å². The Morgan fingerprint density at radius 2 is 1.84 bits per heavy atom. The van der Waals surface area contributed by atoms with Crippen molar-refractivity contribution in [2.45, 2.75) is 11.5 Å². The molecule has 0 aliphatic carbocycles. The van der Waals surface area contributed by atoms with Crippen LogP contribution in [0.25, 0.3) is 11.5 Å². The van der Waals surface area contributed by atoms with Crippen LogP contribution >= 0.6 is 11.8 Å². The second kappa shape index (κ2) is 8.34. The molecule has 0 unspecified atom stereocenters. The van der Waals surface area contributed by atoms with E-state index in [9.17, 15) is 4.79 Å². The second-order valence-electron chi connectivity index (χ2n) is 4.99. The van der Waals surface area contributed by atoms with Gasteiger partial charge >= 0.3 is 5.97 Å². The molecule has 0 fully saturated rings.